The summed E-state index contributed by atoms with van der Waals surface area (Å²) in [5.74, 6) is -0.934. The minimum Gasteiger partial charge on any atom is -0.462 e. The van der Waals surface area contributed by atoms with Gasteiger partial charge in [0.15, 0.2) is 0 Å². The largest absolute Gasteiger partial charge is 0.462 e. The van der Waals surface area contributed by atoms with Crippen molar-refractivity contribution >= 4 is 23.5 Å². The number of nitrogens with one attached hydrogen (secondary N) is 1. The molecular weight excluding hydrogens is 206 g/mol. The van der Waals surface area contributed by atoms with Crippen molar-refractivity contribution in [1.82, 2.24) is 5.32 Å². The number of esters is 1. The van der Waals surface area contributed by atoms with Gasteiger partial charge in [0.1, 0.15) is 0 Å². The van der Waals surface area contributed by atoms with Gasteiger partial charge < -0.3 is 10.1 Å². The predicted molar refractivity (Wildman–Crippen MR) is 53.5 cm³/mol. The molecule has 0 bridgehead atoms. The maximum atomic E-state index is 11.2. The summed E-state index contributed by atoms with van der Waals surface area (Å²) in [6.45, 7) is 6.70. The lowest BCUT2D eigenvalue weighted by Gasteiger charge is -2.08. The smallest absolute Gasteiger partial charge is 0.341 e. The van der Waals surface area contributed by atoms with E-state index in [2.05, 4.69) is 11.9 Å². The second-order valence-electron chi connectivity index (χ2n) is 2.40. The highest BCUT2D eigenvalue weighted by atomic mass is 35.5. The summed E-state index contributed by atoms with van der Waals surface area (Å²) >= 11 is 5.40. The molecule has 0 aromatic carbocycles. The molecule has 0 heterocycles. The normalized spacial score (nSPS) is 10.6. The quantitative estimate of drug-likeness (QED) is 0.439. The third-order valence-corrected chi connectivity index (χ3v) is 1.47. The molecule has 0 aliphatic heterocycles. The van der Waals surface area contributed by atoms with E-state index in [0.717, 1.165) is 5.54 Å². The molecule has 0 saturated heterocycles. The SMILES string of the molecule is C=C(NC(C)=O)C(=CCl)C(=O)OCC. The molecule has 1 N–H and O–H groups in total. The lowest BCUT2D eigenvalue weighted by molar-refractivity contribution is -0.138. The minimum absolute atomic E-state index is 0.0451. The topological polar surface area (TPSA) is 55.4 Å². The summed E-state index contributed by atoms with van der Waals surface area (Å²) in [6.07, 6.45) is 0. The monoisotopic (exact) mass is 217 g/mol. The van der Waals surface area contributed by atoms with E-state index in [4.69, 9.17) is 16.3 Å². The Kier molecular flexibility index (Phi) is 5.64. The van der Waals surface area contributed by atoms with Crippen LogP contribution in [-0.4, -0.2) is 18.5 Å². The standard InChI is InChI=1S/C9H12ClNO3/c1-4-14-9(13)8(5-10)6(2)11-7(3)12/h5H,2,4H2,1,3H3,(H,11,12). The Morgan fingerprint density at radius 2 is 2.14 bits per heavy atom. The third kappa shape index (κ3) is 4.09. The second-order valence-corrected chi connectivity index (χ2v) is 2.62. The fraction of sp³-hybridized carbons (Fsp3) is 0.333. The van der Waals surface area contributed by atoms with E-state index in [1.807, 2.05) is 0 Å². The first-order valence-electron chi connectivity index (χ1n) is 3.97. The van der Waals surface area contributed by atoms with Crippen LogP contribution in [0.1, 0.15) is 13.8 Å². The lowest BCUT2D eigenvalue weighted by atomic mass is 10.2. The van der Waals surface area contributed by atoms with Crippen molar-refractivity contribution in [3.63, 3.8) is 0 Å². The van der Waals surface area contributed by atoms with Crippen molar-refractivity contribution < 1.29 is 14.3 Å². The molecule has 14 heavy (non-hydrogen) atoms. The number of hydrogen-bond acceptors (Lipinski definition) is 3. The summed E-state index contributed by atoms with van der Waals surface area (Å²) in [5, 5.41) is 2.35. The summed E-state index contributed by atoms with van der Waals surface area (Å²) < 4.78 is 4.69. The van der Waals surface area contributed by atoms with Crippen LogP contribution in [0.5, 0.6) is 0 Å². The Bertz CT molecular complexity index is 284. The van der Waals surface area contributed by atoms with Crippen LogP contribution in [-0.2, 0) is 14.3 Å². The number of halogens is 1. The summed E-state index contributed by atoms with van der Waals surface area (Å²) in [5.41, 5.74) is 1.20. The van der Waals surface area contributed by atoms with Crippen LogP contribution in [0.25, 0.3) is 0 Å². The van der Waals surface area contributed by atoms with Crippen LogP contribution in [0.15, 0.2) is 23.4 Å². The van der Waals surface area contributed by atoms with Crippen molar-refractivity contribution in [2.24, 2.45) is 0 Å². The molecule has 0 spiro atoms. The third-order valence-electron chi connectivity index (χ3n) is 1.26. The van der Waals surface area contributed by atoms with E-state index in [0.29, 0.717) is 0 Å². The molecule has 0 aliphatic rings. The fourth-order valence-electron chi connectivity index (χ4n) is 0.722. The Hall–Kier alpha value is -1.29. The van der Waals surface area contributed by atoms with Gasteiger partial charge in [-0.15, -0.1) is 0 Å². The van der Waals surface area contributed by atoms with E-state index in [9.17, 15) is 9.59 Å². The molecule has 0 saturated carbocycles. The van der Waals surface area contributed by atoms with Gasteiger partial charge in [-0.25, -0.2) is 4.79 Å². The molecule has 0 atom stereocenters. The minimum atomic E-state index is -0.610. The van der Waals surface area contributed by atoms with Crippen molar-refractivity contribution in [3.8, 4) is 0 Å². The predicted octanol–water partition coefficient (Wildman–Crippen LogP) is 1.32. The van der Waals surface area contributed by atoms with E-state index in [-0.39, 0.29) is 23.8 Å². The van der Waals surface area contributed by atoms with Gasteiger partial charge in [0.25, 0.3) is 0 Å². The number of amides is 1. The van der Waals surface area contributed by atoms with Gasteiger partial charge in [-0.05, 0) is 6.92 Å². The van der Waals surface area contributed by atoms with Gasteiger partial charge in [0.05, 0.1) is 12.2 Å². The molecule has 0 unspecified atom stereocenters. The van der Waals surface area contributed by atoms with Crippen molar-refractivity contribution in [3.05, 3.63) is 23.4 Å². The van der Waals surface area contributed by atoms with E-state index < -0.39 is 5.97 Å². The first-order chi connectivity index (χ1) is 6.52. The molecule has 78 valence electrons. The first kappa shape index (κ1) is 12.7. The molecule has 0 radical (unpaired) electrons. The van der Waals surface area contributed by atoms with Gasteiger partial charge in [-0.3, -0.25) is 4.79 Å². The maximum absolute atomic E-state index is 11.2. The fourth-order valence-corrected chi connectivity index (χ4v) is 0.943. The summed E-state index contributed by atoms with van der Waals surface area (Å²) in [4.78, 5) is 21.9. The Morgan fingerprint density at radius 3 is 2.50 bits per heavy atom. The van der Waals surface area contributed by atoms with Crippen LogP contribution in [0.3, 0.4) is 0 Å². The Morgan fingerprint density at radius 1 is 1.57 bits per heavy atom. The molecule has 0 aromatic heterocycles. The van der Waals surface area contributed by atoms with Gasteiger partial charge in [-0.1, -0.05) is 18.2 Å². The average Bonchev–Trinajstić information content (AvgIpc) is 2.04. The molecule has 0 aromatic rings. The zero-order valence-corrected chi connectivity index (χ0v) is 8.85. The van der Waals surface area contributed by atoms with Crippen LogP contribution < -0.4 is 5.32 Å². The number of rotatable bonds is 4. The zero-order valence-electron chi connectivity index (χ0n) is 8.09. The van der Waals surface area contributed by atoms with Crippen LogP contribution in [0, 0.1) is 0 Å². The van der Waals surface area contributed by atoms with Gasteiger partial charge in [-0.2, -0.15) is 0 Å². The van der Waals surface area contributed by atoms with Gasteiger partial charge in [0, 0.05) is 18.2 Å². The Labute approximate surface area is 87.6 Å². The summed E-state index contributed by atoms with van der Waals surface area (Å²) in [7, 11) is 0. The number of carbonyl (C=O) groups excluding carboxylic acids is 2. The van der Waals surface area contributed by atoms with E-state index in [1.165, 1.54) is 6.92 Å². The highest BCUT2D eigenvalue weighted by molar-refractivity contribution is 6.28. The van der Waals surface area contributed by atoms with Crippen molar-refractivity contribution in [2.75, 3.05) is 6.61 Å². The molecule has 4 nitrogen and oxygen atoms in total. The zero-order chi connectivity index (χ0) is 11.1. The molecular formula is C9H12ClNO3. The number of hydrogen-bond donors (Lipinski definition) is 1. The van der Waals surface area contributed by atoms with Crippen LogP contribution >= 0.6 is 11.6 Å². The highest BCUT2D eigenvalue weighted by Crippen LogP contribution is 2.08. The molecule has 5 heteroatoms. The molecule has 1 amide bonds. The van der Waals surface area contributed by atoms with Crippen molar-refractivity contribution in [1.29, 1.82) is 0 Å². The lowest BCUT2D eigenvalue weighted by Crippen LogP contribution is -2.23. The van der Waals surface area contributed by atoms with Crippen molar-refractivity contribution in [2.45, 2.75) is 13.8 Å². The second kappa shape index (κ2) is 6.21. The highest BCUT2D eigenvalue weighted by Gasteiger charge is 2.14. The average molecular weight is 218 g/mol. The van der Waals surface area contributed by atoms with Crippen LogP contribution in [0.4, 0.5) is 0 Å². The molecule has 0 rings (SSSR count). The van der Waals surface area contributed by atoms with E-state index >= 15 is 0 Å². The van der Waals surface area contributed by atoms with Gasteiger partial charge in [0.2, 0.25) is 5.91 Å². The maximum Gasteiger partial charge on any atom is 0.341 e. The Balaban J connectivity index is 4.50. The molecule has 0 aliphatic carbocycles. The molecule has 0 fully saturated rings. The number of ether oxygens (including phenoxy) is 1. The summed E-state index contributed by atoms with van der Waals surface area (Å²) in [6, 6.07) is 0. The number of carbonyl (C=O) groups is 2. The van der Waals surface area contributed by atoms with E-state index in [1.54, 1.807) is 6.92 Å². The van der Waals surface area contributed by atoms with Crippen LogP contribution in [0.2, 0.25) is 0 Å². The van der Waals surface area contributed by atoms with Gasteiger partial charge >= 0.3 is 5.97 Å². The first-order valence-corrected chi connectivity index (χ1v) is 4.41.